The van der Waals surface area contributed by atoms with Crippen LogP contribution < -0.4 is 10.6 Å². The van der Waals surface area contributed by atoms with E-state index >= 15 is 0 Å². The predicted molar refractivity (Wildman–Crippen MR) is 66.8 cm³/mol. The Bertz CT molecular complexity index is 394. The molecule has 2 saturated heterocycles. The molecule has 3 unspecified atom stereocenters. The highest BCUT2D eigenvalue weighted by Gasteiger charge is 2.44. The number of aliphatic carboxylic acids is 1. The van der Waals surface area contributed by atoms with Crippen molar-refractivity contribution in [2.24, 2.45) is 0 Å². The van der Waals surface area contributed by atoms with Crippen molar-refractivity contribution in [2.45, 2.75) is 68.7 Å². The summed E-state index contributed by atoms with van der Waals surface area (Å²) in [5.41, 5.74) is -0.533. The number of fused-ring (bicyclic) bond motifs is 2. The monoisotopic (exact) mass is 268 g/mol. The first kappa shape index (κ1) is 12.7. The fourth-order valence-corrected chi connectivity index (χ4v) is 3.47. The maximum atomic E-state index is 12.0. The second-order valence-electron chi connectivity index (χ2n) is 6.02. The standard InChI is InChI=1S/C13H20N2O4/c16-11(17)7-13(4-1-5-13)15-12(18)14-9-6-8-2-3-10(9)19-8/h8-10H,1-7H2,(H,16,17)(H2,14,15,18). The van der Waals surface area contributed by atoms with Crippen LogP contribution >= 0.6 is 0 Å². The lowest BCUT2D eigenvalue weighted by atomic mass is 9.74. The lowest BCUT2D eigenvalue weighted by molar-refractivity contribution is -0.139. The van der Waals surface area contributed by atoms with Crippen LogP contribution in [0.5, 0.6) is 0 Å². The number of nitrogens with one attached hydrogen (secondary N) is 2. The first-order chi connectivity index (χ1) is 9.06. The highest BCUT2D eigenvalue weighted by molar-refractivity contribution is 5.77. The molecule has 2 amide bonds. The van der Waals surface area contributed by atoms with E-state index in [1.54, 1.807) is 0 Å². The average molecular weight is 268 g/mol. The first-order valence-corrected chi connectivity index (χ1v) is 7.02. The van der Waals surface area contributed by atoms with Gasteiger partial charge in [-0.3, -0.25) is 4.79 Å². The highest BCUT2D eigenvalue weighted by atomic mass is 16.5. The zero-order valence-electron chi connectivity index (χ0n) is 10.9. The summed E-state index contributed by atoms with van der Waals surface area (Å²) in [4.78, 5) is 22.8. The SMILES string of the molecule is O=C(O)CC1(NC(=O)NC2CC3CCC2O3)CCC1. The van der Waals surface area contributed by atoms with Gasteiger partial charge in [0.05, 0.1) is 30.2 Å². The minimum atomic E-state index is -0.858. The van der Waals surface area contributed by atoms with E-state index in [1.165, 1.54) is 0 Å². The Morgan fingerprint density at radius 1 is 1.32 bits per heavy atom. The zero-order valence-corrected chi connectivity index (χ0v) is 10.9. The topological polar surface area (TPSA) is 87.7 Å². The molecule has 2 aliphatic heterocycles. The van der Waals surface area contributed by atoms with E-state index in [2.05, 4.69) is 10.6 Å². The van der Waals surface area contributed by atoms with Gasteiger partial charge in [-0.1, -0.05) is 0 Å². The molecule has 6 nitrogen and oxygen atoms in total. The second kappa shape index (κ2) is 4.67. The molecular weight excluding hydrogens is 248 g/mol. The summed E-state index contributed by atoms with van der Waals surface area (Å²) in [5.74, 6) is -0.858. The summed E-state index contributed by atoms with van der Waals surface area (Å²) in [7, 11) is 0. The number of hydrogen-bond donors (Lipinski definition) is 3. The van der Waals surface area contributed by atoms with E-state index in [-0.39, 0.29) is 24.6 Å². The third-order valence-corrected chi connectivity index (χ3v) is 4.60. The van der Waals surface area contributed by atoms with Crippen molar-refractivity contribution in [3.05, 3.63) is 0 Å². The van der Waals surface area contributed by atoms with Crippen molar-refractivity contribution in [2.75, 3.05) is 0 Å². The Morgan fingerprint density at radius 3 is 2.58 bits per heavy atom. The summed E-state index contributed by atoms with van der Waals surface area (Å²) >= 11 is 0. The summed E-state index contributed by atoms with van der Waals surface area (Å²) in [6, 6.07) is -0.164. The van der Waals surface area contributed by atoms with E-state index in [1.807, 2.05) is 0 Å². The van der Waals surface area contributed by atoms with Crippen LogP contribution in [0, 0.1) is 0 Å². The average Bonchev–Trinajstić information content (AvgIpc) is 2.87. The predicted octanol–water partition coefficient (Wildman–Crippen LogP) is 1.00. The van der Waals surface area contributed by atoms with Crippen LogP contribution in [0.15, 0.2) is 0 Å². The number of carbonyl (C=O) groups is 2. The molecule has 2 bridgehead atoms. The van der Waals surface area contributed by atoms with Crippen molar-refractivity contribution in [3.63, 3.8) is 0 Å². The number of amides is 2. The molecule has 3 rings (SSSR count). The van der Waals surface area contributed by atoms with Crippen LogP contribution in [0.4, 0.5) is 4.79 Å². The van der Waals surface area contributed by atoms with Crippen LogP contribution in [0.2, 0.25) is 0 Å². The molecule has 0 aromatic carbocycles. The van der Waals surface area contributed by atoms with Gasteiger partial charge in [0.25, 0.3) is 0 Å². The quantitative estimate of drug-likeness (QED) is 0.710. The van der Waals surface area contributed by atoms with Crippen LogP contribution in [0.25, 0.3) is 0 Å². The second-order valence-corrected chi connectivity index (χ2v) is 6.02. The van der Waals surface area contributed by atoms with E-state index in [9.17, 15) is 9.59 Å². The summed E-state index contributed by atoms with van der Waals surface area (Å²) < 4.78 is 5.68. The van der Waals surface area contributed by atoms with E-state index in [0.717, 1.165) is 38.5 Å². The molecule has 3 fully saturated rings. The van der Waals surface area contributed by atoms with Gasteiger partial charge >= 0.3 is 12.0 Å². The van der Waals surface area contributed by atoms with Gasteiger partial charge in [0.1, 0.15) is 0 Å². The number of carbonyl (C=O) groups excluding carboxylic acids is 1. The molecule has 6 heteroatoms. The molecule has 3 N–H and O–H groups in total. The van der Waals surface area contributed by atoms with Gasteiger partial charge in [0.15, 0.2) is 0 Å². The number of carboxylic acids is 1. The van der Waals surface area contributed by atoms with Crippen molar-refractivity contribution in [1.29, 1.82) is 0 Å². The molecule has 2 heterocycles. The Morgan fingerprint density at radius 2 is 2.11 bits per heavy atom. The lowest BCUT2D eigenvalue weighted by Crippen LogP contribution is -2.59. The number of rotatable bonds is 4. The number of ether oxygens (including phenoxy) is 1. The maximum Gasteiger partial charge on any atom is 0.315 e. The molecule has 3 atom stereocenters. The van der Waals surface area contributed by atoms with Gasteiger partial charge in [0, 0.05) is 0 Å². The van der Waals surface area contributed by atoms with Gasteiger partial charge in [-0.25, -0.2) is 4.79 Å². The van der Waals surface area contributed by atoms with Gasteiger partial charge in [-0.2, -0.15) is 0 Å². The summed E-state index contributed by atoms with van der Waals surface area (Å²) in [6.45, 7) is 0. The van der Waals surface area contributed by atoms with Crippen LogP contribution in [-0.4, -0.2) is 40.9 Å². The number of urea groups is 1. The fourth-order valence-electron chi connectivity index (χ4n) is 3.47. The molecule has 19 heavy (non-hydrogen) atoms. The van der Waals surface area contributed by atoms with Crippen LogP contribution in [0.3, 0.4) is 0 Å². The van der Waals surface area contributed by atoms with Crippen molar-refractivity contribution in [1.82, 2.24) is 10.6 Å². The van der Waals surface area contributed by atoms with Gasteiger partial charge < -0.3 is 20.5 Å². The van der Waals surface area contributed by atoms with Crippen molar-refractivity contribution in [3.8, 4) is 0 Å². The number of hydrogen-bond acceptors (Lipinski definition) is 3. The minimum absolute atomic E-state index is 0.00758. The Labute approximate surface area is 111 Å². The smallest absolute Gasteiger partial charge is 0.315 e. The normalized spacial score (nSPS) is 34.6. The minimum Gasteiger partial charge on any atom is -0.481 e. The highest BCUT2D eigenvalue weighted by Crippen LogP contribution is 2.36. The molecule has 1 saturated carbocycles. The summed E-state index contributed by atoms with van der Waals surface area (Å²) in [5, 5.41) is 14.7. The third kappa shape index (κ3) is 2.54. The van der Waals surface area contributed by atoms with Gasteiger partial charge in [0.2, 0.25) is 0 Å². The summed E-state index contributed by atoms with van der Waals surface area (Å²) in [6.07, 6.45) is 5.91. The van der Waals surface area contributed by atoms with Gasteiger partial charge in [-0.15, -0.1) is 0 Å². The van der Waals surface area contributed by atoms with E-state index < -0.39 is 11.5 Å². The zero-order chi connectivity index (χ0) is 13.5. The van der Waals surface area contributed by atoms with Crippen molar-refractivity contribution < 1.29 is 19.4 Å². The Balaban J connectivity index is 1.52. The Kier molecular flexibility index (Phi) is 3.12. The molecule has 0 aromatic rings. The molecule has 0 radical (unpaired) electrons. The van der Waals surface area contributed by atoms with Crippen LogP contribution in [-0.2, 0) is 9.53 Å². The fraction of sp³-hybridized carbons (Fsp3) is 0.846. The molecular formula is C13H20N2O4. The Hall–Kier alpha value is -1.30. The maximum absolute atomic E-state index is 12.0. The van der Waals surface area contributed by atoms with E-state index in [0.29, 0.717) is 6.10 Å². The lowest BCUT2D eigenvalue weighted by Gasteiger charge is -2.41. The largest absolute Gasteiger partial charge is 0.481 e. The molecule has 106 valence electrons. The third-order valence-electron chi connectivity index (χ3n) is 4.60. The number of carboxylic acid groups (broad SMARTS) is 1. The first-order valence-electron chi connectivity index (χ1n) is 7.02. The molecule has 0 spiro atoms. The van der Waals surface area contributed by atoms with E-state index in [4.69, 9.17) is 9.84 Å². The molecule has 3 aliphatic rings. The van der Waals surface area contributed by atoms with Crippen molar-refractivity contribution >= 4 is 12.0 Å². The van der Waals surface area contributed by atoms with Gasteiger partial charge in [-0.05, 0) is 38.5 Å². The van der Waals surface area contributed by atoms with Crippen LogP contribution in [0.1, 0.15) is 44.9 Å². The molecule has 1 aliphatic carbocycles. The molecule has 0 aromatic heterocycles.